The van der Waals surface area contributed by atoms with Crippen LogP contribution in [0.4, 0.5) is 0 Å². The zero-order valence-corrected chi connectivity index (χ0v) is 12.7. The Kier molecular flexibility index (Phi) is 3.37. The van der Waals surface area contributed by atoms with E-state index in [0.29, 0.717) is 17.0 Å². The summed E-state index contributed by atoms with van der Waals surface area (Å²) in [6.45, 7) is 0. The quantitative estimate of drug-likeness (QED) is 0.762. The molecule has 23 heavy (non-hydrogen) atoms. The maximum Gasteiger partial charge on any atom is 0.329 e. The Morgan fingerprint density at radius 1 is 1.22 bits per heavy atom. The molecule has 3 aromatic rings. The molecule has 1 saturated carbocycles. The normalized spacial score (nSPS) is 16.0. The van der Waals surface area contributed by atoms with Crippen LogP contribution < -0.4 is 5.69 Å². The number of H-pyrrole nitrogens is 1. The molecule has 1 aromatic carbocycles. The minimum Gasteiger partial charge on any atom is -0.508 e. The minimum absolute atomic E-state index is 0.139. The van der Waals surface area contributed by atoms with Crippen LogP contribution in [0.3, 0.4) is 0 Å². The first kappa shape index (κ1) is 14.0. The fraction of sp³-hybridized carbons (Fsp3) is 0.353. The summed E-state index contributed by atoms with van der Waals surface area (Å²) in [4.78, 5) is 24.1. The minimum atomic E-state index is -0.139. The van der Waals surface area contributed by atoms with Gasteiger partial charge in [-0.1, -0.05) is 31.4 Å². The van der Waals surface area contributed by atoms with Crippen molar-refractivity contribution in [3.8, 4) is 17.0 Å². The van der Waals surface area contributed by atoms with Crippen LogP contribution in [0.2, 0.25) is 0 Å². The van der Waals surface area contributed by atoms with E-state index in [9.17, 15) is 9.90 Å². The lowest BCUT2D eigenvalue weighted by Gasteiger charge is -2.22. The van der Waals surface area contributed by atoms with E-state index >= 15 is 0 Å². The van der Waals surface area contributed by atoms with Gasteiger partial charge in [0.15, 0.2) is 11.3 Å². The van der Waals surface area contributed by atoms with Crippen molar-refractivity contribution in [1.82, 2.24) is 19.5 Å². The fourth-order valence-electron chi connectivity index (χ4n) is 3.38. The highest BCUT2D eigenvalue weighted by Crippen LogP contribution is 2.29. The van der Waals surface area contributed by atoms with E-state index in [1.807, 2.05) is 6.07 Å². The number of nitrogens with one attached hydrogen (secondary N) is 1. The Morgan fingerprint density at radius 3 is 2.83 bits per heavy atom. The number of aromatic amines is 1. The lowest BCUT2D eigenvalue weighted by molar-refractivity contribution is 0.352. The van der Waals surface area contributed by atoms with E-state index < -0.39 is 0 Å². The number of benzene rings is 1. The monoisotopic (exact) mass is 310 g/mol. The van der Waals surface area contributed by atoms with E-state index in [0.717, 1.165) is 31.2 Å². The van der Waals surface area contributed by atoms with Crippen LogP contribution in [-0.2, 0) is 0 Å². The number of phenolic OH excluding ortho intramolecular Hbond substituents is 1. The molecule has 2 heterocycles. The Morgan fingerprint density at radius 2 is 2.04 bits per heavy atom. The van der Waals surface area contributed by atoms with Crippen LogP contribution in [0, 0.1) is 0 Å². The standard InChI is InChI=1S/C17H18N4O2/c22-13-8-4-5-11(9-13)14-10-18-15-16(19-14)21(17(23)20-15)12-6-2-1-3-7-12/h4-5,8-10,12,22H,1-3,6-7H2,(H,18,20,23). The van der Waals surface area contributed by atoms with Gasteiger partial charge in [-0.25, -0.2) is 14.8 Å². The molecular weight excluding hydrogens is 292 g/mol. The van der Waals surface area contributed by atoms with E-state index in [1.54, 1.807) is 29.0 Å². The van der Waals surface area contributed by atoms with Crippen molar-refractivity contribution in [3.63, 3.8) is 0 Å². The third-order valence-electron chi connectivity index (χ3n) is 4.51. The molecule has 1 aliphatic carbocycles. The topological polar surface area (TPSA) is 83.8 Å². The lowest BCUT2D eigenvalue weighted by atomic mass is 9.95. The zero-order chi connectivity index (χ0) is 15.8. The van der Waals surface area contributed by atoms with Gasteiger partial charge in [0, 0.05) is 11.6 Å². The highest BCUT2D eigenvalue weighted by Gasteiger charge is 2.21. The maximum atomic E-state index is 12.3. The summed E-state index contributed by atoms with van der Waals surface area (Å²) in [5.74, 6) is 0.183. The largest absolute Gasteiger partial charge is 0.508 e. The molecule has 0 unspecified atom stereocenters. The van der Waals surface area contributed by atoms with Crippen LogP contribution in [-0.4, -0.2) is 24.6 Å². The Hall–Kier alpha value is -2.63. The molecule has 118 valence electrons. The summed E-state index contributed by atoms with van der Waals surface area (Å²) < 4.78 is 1.76. The fourth-order valence-corrected chi connectivity index (χ4v) is 3.38. The van der Waals surface area contributed by atoms with Crippen molar-refractivity contribution in [1.29, 1.82) is 0 Å². The Labute approximate surface area is 132 Å². The second-order valence-electron chi connectivity index (χ2n) is 6.07. The number of fused-ring (bicyclic) bond motifs is 1. The van der Waals surface area contributed by atoms with Crippen molar-refractivity contribution >= 4 is 11.3 Å². The van der Waals surface area contributed by atoms with Crippen molar-refractivity contribution in [2.24, 2.45) is 0 Å². The van der Waals surface area contributed by atoms with E-state index in [4.69, 9.17) is 0 Å². The molecule has 1 fully saturated rings. The summed E-state index contributed by atoms with van der Waals surface area (Å²) in [6, 6.07) is 7.08. The summed E-state index contributed by atoms with van der Waals surface area (Å²) in [5.41, 5.74) is 2.41. The first-order chi connectivity index (χ1) is 11.2. The molecule has 0 bridgehead atoms. The summed E-state index contributed by atoms with van der Waals surface area (Å²) in [5, 5.41) is 9.64. The van der Waals surface area contributed by atoms with E-state index in [1.165, 1.54) is 6.42 Å². The van der Waals surface area contributed by atoms with Crippen LogP contribution in [0.25, 0.3) is 22.6 Å². The number of rotatable bonds is 2. The summed E-state index contributed by atoms with van der Waals surface area (Å²) in [7, 11) is 0. The highest BCUT2D eigenvalue weighted by atomic mass is 16.3. The van der Waals surface area contributed by atoms with Crippen molar-refractivity contribution < 1.29 is 5.11 Å². The third-order valence-corrected chi connectivity index (χ3v) is 4.51. The van der Waals surface area contributed by atoms with Gasteiger partial charge in [0.2, 0.25) is 0 Å². The van der Waals surface area contributed by atoms with Gasteiger partial charge >= 0.3 is 5.69 Å². The molecule has 2 N–H and O–H groups in total. The van der Waals surface area contributed by atoms with Gasteiger partial charge in [-0.15, -0.1) is 0 Å². The Bertz CT molecular complexity index is 906. The Balaban J connectivity index is 1.85. The molecule has 0 saturated heterocycles. The van der Waals surface area contributed by atoms with Gasteiger partial charge in [-0.2, -0.15) is 0 Å². The maximum absolute atomic E-state index is 12.3. The summed E-state index contributed by atoms with van der Waals surface area (Å²) in [6.07, 6.45) is 7.15. The number of phenols is 1. The molecule has 1 aliphatic rings. The number of aromatic hydroxyl groups is 1. The number of hydrogen-bond acceptors (Lipinski definition) is 4. The lowest BCUT2D eigenvalue weighted by Crippen LogP contribution is -2.24. The second kappa shape index (κ2) is 5.53. The van der Waals surface area contributed by atoms with Gasteiger partial charge in [-0.05, 0) is 25.0 Å². The van der Waals surface area contributed by atoms with Gasteiger partial charge in [0.1, 0.15) is 5.75 Å². The van der Waals surface area contributed by atoms with Crippen LogP contribution >= 0.6 is 0 Å². The van der Waals surface area contributed by atoms with Crippen molar-refractivity contribution in [2.45, 2.75) is 38.1 Å². The molecule has 6 heteroatoms. The van der Waals surface area contributed by atoms with Gasteiger partial charge in [0.05, 0.1) is 11.9 Å². The average molecular weight is 310 g/mol. The predicted octanol–water partition coefficient (Wildman–Crippen LogP) is 3.00. The molecule has 0 atom stereocenters. The van der Waals surface area contributed by atoms with Gasteiger partial charge in [-0.3, -0.25) is 9.55 Å². The average Bonchev–Trinajstić information content (AvgIpc) is 2.90. The molecule has 0 amide bonds. The molecule has 0 aliphatic heterocycles. The first-order valence-corrected chi connectivity index (χ1v) is 7.99. The number of aromatic nitrogens is 4. The first-order valence-electron chi connectivity index (χ1n) is 7.99. The van der Waals surface area contributed by atoms with Crippen molar-refractivity contribution in [3.05, 3.63) is 40.9 Å². The molecule has 6 nitrogen and oxygen atoms in total. The highest BCUT2D eigenvalue weighted by molar-refractivity contribution is 5.71. The van der Waals surface area contributed by atoms with Crippen LogP contribution in [0.5, 0.6) is 5.75 Å². The van der Waals surface area contributed by atoms with E-state index in [-0.39, 0.29) is 17.5 Å². The number of imidazole rings is 1. The number of nitrogens with zero attached hydrogens (tertiary/aromatic N) is 3. The number of hydrogen-bond donors (Lipinski definition) is 2. The molecule has 0 radical (unpaired) electrons. The SMILES string of the molecule is O=c1[nH]c2ncc(-c3cccc(O)c3)nc2n1C1CCCCC1. The van der Waals surface area contributed by atoms with E-state index in [2.05, 4.69) is 15.0 Å². The molecular formula is C17H18N4O2. The van der Waals surface area contributed by atoms with Gasteiger partial charge in [0.25, 0.3) is 0 Å². The van der Waals surface area contributed by atoms with Crippen LogP contribution in [0.1, 0.15) is 38.1 Å². The summed E-state index contributed by atoms with van der Waals surface area (Å²) >= 11 is 0. The second-order valence-corrected chi connectivity index (χ2v) is 6.07. The van der Waals surface area contributed by atoms with Crippen LogP contribution in [0.15, 0.2) is 35.3 Å². The zero-order valence-electron chi connectivity index (χ0n) is 12.7. The van der Waals surface area contributed by atoms with Gasteiger partial charge < -0.3 is 5.11 Å². The molecule has 2 aromatic heterocycles. The third kappa shape index (κ3) is 2.50. The molecule has 4 rings (SSSR count). The predicted molar refractivity (Wildman–Crippen MR) is 87.4 cm³/mol. The smallest absolute Gasteiger partial charge is 0.329 e. The van der Waals surface area contributed by atoms with Crippen molar-refractivity contribution in [2.75, 3.05) is 0 Å². The molecule has 0 spiro atoms.